The third-order valence-corrected chi connectivity index (χ3v) is 6.17. The molecule has 4 rings (SSSR count). The Morgan fingerprint density at radius 1 is 1.23 bits per heavy atom. The maximum atomic E-state index is 13.0. The minimum absolute atomic E-state index is 0.0935. The smallest absolute Gasteiger partial charge is 0.269 e. The highest BCUT2D eigenvalue weighted by Gasteiger charge is 2.49. The molecule has 166 valence electrons. The van der Waals surface area contributed by atoms with Gasteiger partial charge in [0.05, 0.1) is 22.9 Å². The van der Waals surface area contributed by atoms with E-state index >= 15 is 0 Å². The van der Waals surface area contributed by atoms with Gasteiger partial charge in [0.25, 0.3) is 5.69 Å². The molecule has 0 saturated carbocycles. The molecule has 0 aliphatic carbocycles. The van der Waals surface area contributed by atoms with Crippen LogP contribution in [0.4, 0.5) is 11.4 Å². The fourth-order valence-corrected chi connectivity index (χ4v) is 4.62. The molecule has 11 nitrogen and oxygen atoms in total. The molecule has 5 atom stereocenters. The van der Waals surface area contributed by atoms with Crippen LogP contribution in [0.5, 0.6) is 0 Å². The van der Waals surface area contributed by atoms with Crippen LogP contribution in [-0.2, 0) is 14.4 Å². The molecule has 3 fully saturated rings. The second-order valence-corrected chi connectivity index (χ2v) is 8.49. The van der Waals surface area contributed by atoms with Crippen molar-refractivity contribution in [3.8, 4) is 0 Å². The average molecular weight is 430 g/mol. The Labute approximate surface area is 179 Å². The van der Waals surface area contributed by atoms with Gasteiger partial charge in [0, 0.05) is 37.3 Å². The quantitative estimate of drug-likeness (QED) is 0.398. The van der Waals surface area contributed by atoms with E-state index in [1.165, 1.54) is 24.3 Å². The highest BCUT2D eigenvalue weighted by molar-refractivity contribution is 6.00. The summed E-state index contributed by atoms with van der Waals surface area (Å²) >= 11 is 0. The molecule has 3 aliphatic rings. The van der Waals surface area contributed by atoms with Gasteiger partial charge < -0.3 is 16.0 Å². The summed E-state index contributed by atoms with van der Waals surface area (Å²) in [6, 6.07) is 5.41. The van der Waals surface area contributed by atoms with Crippen molar-refractivity contribution >= 4 is 29.1 Å². The van der Waals surface area contributed by atoms with E-state index in [2.05, 4.69) is 33.1 Å². The molecule has 3 heterocycles. The van der Waals surface area contributed by atoms with Gasteiger partial charge in [-0.25, -0.2) is 0 Å². The number of nitro benzene ring substituents is 1. The van der Waals surface area contributed by atoms with E-state index in [-0.39, 0.29) is 23.9 Å². The summed E-state index contributed by atoms with van der Waals surface area (Å²) in [7, 11) is 0. The number of anilines is 1. The minimum atomic E-state index is -0.859. The number of likely N-dealkylation sites (tertiary alicyclic amines) is 1. The van der Waals surface area contributed by atoms with Crippen molar-refractivity contribution in [3.63, 3.8) is 0 Å². The first kappa shape index (κ1) is 21.2. The number of carbonyl (C=O) groups excluding carboxylic acids is 3. The van der Waals surface area contributed by atoms with Gasteiger partial charge in [0.2, 0.25) is 17.7 Å². The van der Waals surface area contributed by atoms with Crippen LogP contribution in [0.1, 0.15) is 26.2 Å². The number of amides is 3. The SMILES string of the molecule is CC1CCCN(C2NC(=O)C3C(NC(=O)CC3C(=O)Nc3ccc([N+](=O)[O-])cc3)N2)C1. The zero-order valence-electron chi connectivity index (χ0n) is 17.2. The highest BCUT2D eigenvalue weighted by Crippen LogP contribution is 2.29. The summed E-state index contributed by atoms with van der Waals surface area (Å²) in [6.07, 6.45) is 1.03. The molecule has 0 spiro atoms. The lowest BCUT2D eigenvalue weighted by Crippen LogP contribution is -2.74. The van der Waals surface area contributed by atoms with Crippen molar-refractivity contribution in [2.45, 2.75) is 38.6 Å². The largest absolute Gasteiger partial charge is 0.340 e. The van der Waals surface area contributed by atoms with Crippen LogP contribution in [0, 0.1) is 27.9 Å². The second kappa shape index (κ2) is 8.60. The number of nitrogens with one attached hydrogen (secondary N) is 4. The molecular weight excluding hydrogens is 404 g/mol. The van der Waals surface area contributed by atoms with Crippen LogP contribution < -0.4 is 21.3 Å². The van der Waals surface area contributed by atoms with E-state index < -0.39 is 35.1 Å². The summed E-state index contributed by atoms with van der Waals surface area (Å²) in [5, 5.41) is 22.5. The number of benzene rings is 1. The number of fused-ring (bicyclic) bond motifs is 1. The fraction of sp³-hybridized carbons (Fsp3) is 0.550. The second-order valence-electron chi connectivity index (χ2n) is 8.49. The van der Waals surface area contributed by atoms with Crippen molar-refractivity contribution in [3.05, 3.63) is 34.4 Å². The molecule has 0 radical (unpaired) electrons. The van der Waals surface area contributed by atoms with E-state index in [1.54, 1.807) is 0 Å². The number of nitrogens with zero attached hydrogens (tertiary/aromatic N) is 2. The van der Waals surface area contributed by atoms with Crippen molar-refractivity contribution < 1.29 is 19.3 Å². The van der Waals surface area contributed by atoms with E-state index in [0.717, 1.165) is 25.9 Å². The van der Waals surface area contributed by atoms with Crippen LogP contribution in [-0.4, -0.2) is 53.1 Å². The number of hydrogen-bond acceptors (Lipinski definition) is 7. The third kappa shape index (κ3) is 4.52. The summed E-state index contributed by atoms with van der Waals surface area (Å²) < 4.78 is 0. The molecule has 0 bridgehead atoms. The molecule has 11 heteroatoms. The lowest BCUT2D eigenvalue weighted by atomic mass is 9.81. The molecule has 0 aromatic heterocycles. The topological polar surface area (TPSA) is 146 Å². The van der Waals surface area contributed by atoms with E-state index in [0.29, 0.717) is 11.6 Å². The first-order valence-electron chi connectivity index (χ1n) is 10.5. The Bertz CT molecular complexity index is 891. The Morgan fingerprint density at radius 3 is 2.65 bits per heavy atom. The summed E-state index contributed by atoms with van der Waals surface area (Å²) in [4.78, 5) is 50.6. The fourth-order valence-electron chi connectivity index (χ4n) is 4.62. The zero-order valence-corrected chi connectivity index (χ0v) is 17.2. The van der Waals surface area contributed by atoms with Crippen LogP contribution in [0.3, 0.4) is 0 Å². The number of piperidine rings is 2. The minimum Gasteiger partial charge on any atom is -0.340 e. The number of hydrogen-bond donors (Lipinski definition) is 4. The Morgan fingerprint density at radius 2 is 1.97 bits per heavy atom. The van der Waals surface area contributed by atoms with Crippen LogP contribution >= 0.6 is 0 Å². The molecule has 4 N–H and O–H groups in total. The number of non-ortho nitro benzene ring substituents is 1. The standard InChI is InChI=1S/C20H26N6O5/c1-11-3-2-8-25(10-11)20-23-17-16(19(29)24-20)14(9-15(27)22-17)18(28)21-12-4-6-13(7-5-12)26(30)31/h4-7,11,14,16-17,20,23H,2-3,8-10H2,1H3,(H,21,28)(H,22,27)(H,24,29). The van der Waals surface area contributed by atoms with Gasteiger partial charge in [-0.05, 0) is 30.9 Å². The van der Waals surface area contributed by atoms with E-state index in [1.807, 2.05) is 0 Å². The van der Waals surface area contributed by atoms with Gasteiger partial charge >= 0.3 is 0 Å². The van der Waals surface area contributed by atoms with Crippen LogP contribution in [0.15, 0.2) is 24.3 Å². The molecule has 5 unspecified atom stereocenters. The van der Waals surface area contributed by atoms with Gasteiger partial charge in [0.1, 0.15) is 6.29 Å². The van der Waals surface area contributed by atoms with Crippen molar-refractivity contribution in [1.82, 2.24) is 20.9 Å². The molecule has 1 aromatic carbocycles. The van der Waals surface area contributed by atoms with Gasteiger partial charge in [-0.3, -0.25) is 34.7 Å². The van der Waals surface area contributed by atoms with E-state index in [9.17, 15) is 24.5 Å². The average Bonchev–Trinajstić information content (AvgIpc) is 2.73. The van der Waals surface area contributed by atoms with Crippen LogP contribution in [0.2, 0.25) is 0 Å². The molecule has 31 heavy (non-hydrogen) atoms. The van der Waals surface area contributed by atoms with Crippen molar-refractivity contribution in [2.24, 2.45) is 17.8 Å². The Kier molecular flexibility index (Phi) is 5.88. The first-order chi connectivity index (χ1) is 14.8. The molecule has 3 saturated heterocycles. The molecule has 3 aliphatic heterocycles. The van der Waals surface area contributed by atoms with Crippen LogP contribution in [0.25, 0.3) is 0 Å². The normalized spacial score (nSPS) is 31.2. The highest BCUT2D eigenvalue weighted by atomic mass is 16.6. The number of rotatable bonds is 4. The summed E-state index contributed by atoms with van der Waals surface area (Å²) in [5.41, 5.74) is 0.270. The Balaban J connectivity index is 1.46. The van der Waals surface area contributed by atoms with Crippen molar-refractivity contribution in [2.75, 3.05) is 18.4 Å². The predicted molar refractivity (Wildman–Crippen MR) is 110 cm³/mol. The van der Waals surface area contributed by atoms with Crippen molar-refractivity contribution in [1.29, 1.82) is 0 Å². The lowest BCUT2D eigenvalue weighted by molar-refractivity contribution is -0.384. The zero-order chi connectivity index (χ0) is 22.1. The number of carbonyl (C=O) groups is 3. The molecular formula is C20H26N6O5. The maximum Gasteiger partial charge on any atom is 0.269 e. The predicted octanol–water partition coefficient (Wildman–Crippen LogP) is 0.347. The Hall–Kier alpha value is -3.05. The maximum absolute atomic E-state index is 13.0. The number of nitro groups is 1. The molecule has 1 aromatic rings. The lowest BCUT2D eigenvalue weighted by Gasteiger charge is -2.47. The third-order valence-electron chi connectivity index (χ3n) is 6.17. The van der Waals surface area contributed by atoms with Gasteiger partial charge in [-0.2, -0.15) is 0 Å². The van der Waals surface area contributed by atoms with E-state index in [4.69, 9.17) is 0 Å². The molecule has 3 amide bonds. The monoisotopic (exact) mass is 430 g/mol. The van der Waals surface area contributed by atoms with Gasteiger partial charge in [-0.15, -0.1) is 0 Å². The van der Waals surface area contributed by atoms with Gasteiger partial charge in [-0.1, -0.05) is 6.92 Å². The summed E-state index contributed by atoms with van der Waals surface area (Å²) in [6.45, 7) is 3.85. The summed E-state index contributed by atoms with van der Waals surface area (Å²) in [5.74, 6) is -2.15. The van der Waals surface area contributed by atoms with Gasteiger partial charge in [0.15, 0.2) is 0 Å². The first-order valence-corrected chi connectivity index (χ1v) is 10.5.